The molecule has 0 spiro atoms. The summed E-state index contributed by atoms with van der Waals surface area (Å²) < 4.78 is 11.9. The van der Waals surface area contributed by atoms with Crippen LogP contribution in [0.25, 0.3) is 0 Å². The van der Waals surface area contributed by atoms with Crippen molar-refractivity contribution in [3.8, 4) is 0 Å². The summed E-state index contributed by atoms with van der Waals surface area (Å²) in [6.45, 7) is 16.0. The van der Waals surface area contributed by atoms with Gasteiger partial charge in [0.15, 0.2) is 16.6 Å². The van der Waals surface area contributed by atoms with Crippen LogP contribution in [-0.2, 0) is 13.6 Å². The molecule has 3 nitrogen and oxygen atoms in total. The van der Waals surface area contributed by atoms with Crippen molar-refractivity contribution >= 4 is 22.6 Å². The fourth-order valence-corrected chi connectivity index (χ4v) is 11.4. The number of unbranched alkanes of at least 4 members (excludes halogenated alkanes) is 1. The molecule has 0 aliphatic carbocycles. The zero-order chi connectivity index (χ0) is 16.5. The molecule has 0 saturated carbocycles. The lowest BCUT2D eigenvalue weighted by Crippen LogP contribution is -2.44. The van der Waals surface area contributed by atoms with Crippen molar-refractivity contribution in [3.05, 3.63) is 0 Å². The van der Waals surface area contributed by atoms with Crippen LogP contribution >= 0.6 is 0 Å². The Hall–Kier alpha value is -0.136. The zero-order valence-electron chi connectivity index (χ0n) is 15.3. The third-order valence-electron chi connectivity index (χ3n) is 3.87. The number of hydrogen-bond donors (Lipinski definition) is 0. The minimum Gasteiger partial charge on any atom is -0.465 e. The number of esters is 1. The Morgan fingerprint density at radius 2 is 1.52 bits per heavy atom. The summed E-state index contributed by atoms with van der Waals surface area (Å²) in [6, 6.07) is 2.33. The van der Waals surface area contributed by atoms with Gasteiger partial charge in [-0.2, -0.15) is 0 Å². The maximum atomic E-state index is 11.6. The maximum Gasteiger partial charge on any atom is 0.308 e. The van der Waals surface area contributed by atoms with Gasteiger partial charge in [-0.3, -0.25) is 4.79 Å². The molecular weight excluding hydrogens is 296 g/mol. The van der Waals surface area contributed by atoms with Gasteiger partial charge in [0.25, 0.3) is 0 Å². The molecule has 0 N–H and O–H groups in total. The molecule has 0 rings (SSSR count). The highest BCUT2D eigenvalue weighted by molar-refractivity contribution is 6.84. The number of ether oxygens (including phenoxy) is 1. The third kappa shape index (κ3) is 10.3. The molecular formula is C16H36O3Si2. The van der Waals surface area contributed by atoms with Gasteiger partial charge in [-0.05, 0) is 51.1 Å². The molecule has 0 aliphatic heterocycles. The van der Waals surface area contributed by atoms with Crippen LogP contribution in [0.5, 0.6) is 0 Å². The van der Waals surface area contributed by atoms with E-state index in [0.29, 0.717) is 6.61 Å². The predicted molar refractivity (Wildman–Crippen MR) is 95.6 cm³/mol. The minimum atomic E-state index is -1.63. The van der Waals surface area contributed by atoms with Crippen molar-refractivity contribution in [2.75, 3.05) is 6.61 Å². The SMILES string of the molecule is CCCC[Si](C)(C)O[Si](C)(C)CCCOC(=O)C(C)CC. The second-order valence-corrected chi connectivity index (χ2v) is 16.2. The van der Waals surface area contributed by atoms with Crippen LogP contribution in [-0.4, -0.2) is 29.2 Å². The van der Waals surface area contributed by atoms with Crippen LogP contribution in [0.2, 0.25) is 38.3 Å². The van der Waals surface area contributed by atoms with Crippen LogP contribution in [0.1, 0.15) is 46.5 Å². The van der Waals surface area contributed by atoms with Crippen molar-refractivity contribution < 1.29 is 13.6 Å². The van der Waals surface area contributed by atoms with Crippen LogP contribution in [0.4, 0.5) is 0 Å². The van der Waals surface area contributed by atoms with E-state index in [1.807, 2.05) is 13.8 Å². The molecule has 0 aliphatic rings. The number of rotatable bonds is 11. The van der Waals surface area contributed by atoms with Gasteiger partial charge >= 0.3 is 5.97 Å². The molecule has 1 unspecified atom stereocenters. The fraction of sp³-hybridized carbons (Fsp3) is 0.938. The van der Waals surface area contributed by atoms with E-state index in [0.717, 1.165) is 18.9 Å². The lowest BCUT2D eigenvalue weighted by Gasteiger charge is -2.34. The Labute approximate surface area is 134 Å². The summed E-state index contributed by atoms with van der Waals surface area (Å²) in [6.07, 6.45) is 4.29. The second kappa shape index (κ2) is 9.79. The molecule has 21 heavy (non-hydrogen) atoms. The standard InChI is InChI=1S/C16H36O3Si2/c1-8-10-13-20(4,5)19-21(6,7)14-11-12-18-16(17)15(3)9-2/h15H,8-14H2,1-7H3. The van der Waals surface area contributed by atoms with E-state index in [1.165, 1.54) is 18.9 Å². The lowest BCUT2D eigenvalue weighted by molar-refractivity contribution is -0.148. The summed E-state index contributed by atoms with van der Waals surface area (Å²) >= 11 is 0. The molecule has 0 fully saturated rings. The monoisotopic (exact) mass is 332 g/mol. The van der Waals surface area contributed by atoms with Gasteiger partial charge in [0.2, 0.25) is 0 Å². The molecule has 0 aromatic carbocycles. The highest BCUT2D eigenvalue weighted by Gasteiger charge is 2.32. The summed E-state index contributed by atoms with van der Waals surface area (Å²) in [5.41, 5.74) is 0. The summed E-state index contributed by atoms with van der Waals surface area (Å²) in [4.78, 5) is 11.6. The van der Waals surface area contributed by atoms with Crippen molar-refractivity contribution in [3.63, 3.8) is 0 Å². The Bertz CT molecular complexity index is 304. The van der Waals surface area contributed by atoms with Gasteiger partial charge in [0.1, 0.15) is 0 Å². The smallest absolute Gasteiger partial charge is 0.308 e. The maximum absolute atomic E-state index is 11.6. The Balaban J connectivity index is 4.05. The van der Waals surface area contributed by atoms with Crippen LogP contribution < -0.4 is 0 Å². The molecule has 126 valence electrons. The molecule has 0 bridgehead atoms. The number of hydrogen-bond acceptors (Lipinski definition) is 3. The average molecular weight is 333 g/mol. The number of carbonyl (C=O) groups excluding carboxylic acids is 1. The molecule has 1 atom stereocenters. The summed E-state index contributed by atoms with van der Waals surface area (Å²) in [5, 5.41) is 0. The highest BCUT2D eigenvalue weighted by Crippen LogP contribution is 2.24. The Morgan fingerprint density at radius 3 is 2.00 bits per heavy atom. The second-order valence-electron chi connectivity index (χ2n) is 7.31. The van der Waals surface area contributed by atoms with Gasteiger partial charge in [0.05, 0.1) is 12.5 Å². The Kier molecular flexibility index (Phi) is 9.73. The lowest BCUT2D eigenvalue weighted by atomic mass is 10.1. The first-order valence-electron chi connectivity index (χ1n) is 8.50. The largest absolute Gasteiger partial charge is 0.465 e. The van der Waals surface area contributed by atoms with Crippen molar-refractivity contribution in [1.29, 1.82) is 0 Å². The first-order chi connectivity index (χ1) is 9.63. The van der Waals surface area contributed by atoms with Crippen LogP contribution in [0.3, 0.4) is 0 Å². The fourth-order valence-electron chi connectivity index (χ4n) is 2.43. The quantitative estimate of drug-likeness (QED) is 0.296. The summed E-state index contributed by atoms with van der Waals surface area (Å²) in [7, 11) is -3.14. The van der Waals surface area contributed by atoms with Crippen molar-refractivity contribution in [2.24, 2.45) is 5.92 Å². The van der Waals surface area contributed by atoms with E-state index in [4.69, 9.17) is 8.85 Å². The normalized spacial score (nSPS) is 14.0. The van der Waals surface area contributed by atoms with E-state index in [2.05, 4.69) is 33.1 Å². The van der Waals surface area contributed by atoms with Crippen molar-refractivity contribution in [2.45, 2.75) is 84.7 Å². The van der Waals surface area contributed by atoms with E-state index in [1.54, 1.807) is 0 Å². The molecule has 0 aromatic heterocycles. The van der Waals surface area contributed by atoms with Gasteiger partial charge in [-0.15, -0.1) is 0 Å². The Morgan fingerprint density at radius 1 is 1.00 bits per heavy atom. The predicted octanol–water partition coefficient (Wildman–Crippen LogP) is 5.19. The highest BCUT2D eigenvalue weighted by atomic mass is 28.4. The van der Waals surface area contributed by atoms with Crippen LogP contribution in [0, 0.1) is 5.92 Å². The molecule has 0 saturated heterocycles. The van der Waals surface area contributed by atoms with E-state index in [9.17, 15) is 4.79 Å². The third-order valence-corrected chi connectivity index (χ3v) is 11.4. The minimum absolute atomic E-state index is 0.0203. The molecule has 0 heterocycles. The molecule has 0 aromatic rings. The first-order valence-corrected chi connectivity index (χ1v) is 14.7. The zero-order valence-corrected chi connectivity index (χ0v) is 17.3. The molecule has 0 amide bonds. The van der Waals surface area contributed by atoms with Crippen molar-refractivity contribution in [1.82, 2.24) is 0 Å². The van der Waals surface area contributed by atoms with E-state index in [-0.39, 0.29) is 11.9 Å². The van der Waals surface area contributed by atoms with Gasteiger partial charge in [0, 0.05) is 0 Å². The van der Waals surface area contributed by atoms with Gasteiger partial charge < -0.3 is 8.85 Å². The average Bonchev–Trinajstić information content (AvgIpc) is 2.39. The first kappa shape index (κ1) is 20.9. The molecule has 0 radical (unpaired) electrons. The topological polar surface area (TPSA) is 35.5 Å². The van der Waals surface area contributed by atoms with Gasteiger partial charge in [-0.25, -0.2) is 0 Å². The van der Waals surface area contributed by atoms with E-state index >= 15 is 0 Å². The van der Waals surface area contributed by atoms with Gasteiger partial charge in [-0.1, -0.05) is 33.6 Å². The molecule has 5 heteroatoms. The van der Waals surface area contributed by atoms with E-state index < -0.39 is 16.6 Å². The summed E-state index contributed by atoms with van der Waals surface area (Å²) in [5.74, 6) is -0.0394. The number of carbonyl (C=O) groups is 1. The van der Waals surface area contributed by atoms with Crippen LogP contribution in [0.15, 0.2) is 0 Å².